The number of carbonyl (C=O) groups is 2. The van der Waals surface area contributed by atoms with Gasteiger partial charge in [-0.1, -0.05) is 36.0 Å². The van der Waals surface area contributed by atoms with Gasteiger partial charge < -0.3 is 24.7 Å². The molecule has 38 heavy (non-hydrogen) atoms. The summed E-state index contributed by atoms with van der Waals surface area (Å²) >= 11 is 1.43. The minimum atomic E-state index is -1.32. The Morgan fingerprint density at radius 1 is 1.05 bits per heavy atom. The number of H-pyrrole nitrogens is 1. The first kappa shape index (κ1) is 27.7. The minimum absolute atomic E-state index is 0. The lowest BCUT2D eigenvalue weighted by molar-refractivity contribution is -0.153. The van der Waals surface area contributed by atoms with Gasteiger partial charge in [0.1, 0.15) is 36.6 Å². The van der Waals surface area contributed by atoms with E-state index in [1.165, 1.54) is 18.1 Å². The summed E-state index contributed by atoms with van der Waals surface area (Å²) in [4.78, 5) is 30.6. The number of benzene rings is 2. The van der Waals surface area contributed by atoms with E-state index >= 15 is 0 Å². The number of halogens is 1. The number of carbonyl (C=O) groups excluding carboxylic acids is 2. The lowest BCUT2D eigenvalue weighted by atomic mass is 9.91. The van der Waals surface area contributed by atoms with Crippen LogP contribution in [0.4, 0.5) is 0 Å². The van der Waals surface area contributed by atoms with E-state index in [9.17, 15) is 9.59 Å². The Balaban J connectivity index is 0.00000336. The molecule has 2 fully saturated rings. The molecule has 0 aliphatic heterocycles. The second kappa shape index (κ2) is 11.6. The molecule has 2 aliphatic rings. The highest BCUT2D eigenvalue weighted by Crippen LogP contribution is 2.65. The summed E-state index contributed by atoms with van der Waals surface area (Å²) in [6, 6.07) is 14.6. The van der Waals surface area contributed by atoms with Crippen molar-refractivity contribution < 1.29 is 28.5 Å². The maximum atomic E-state index is 13.3. The van der Waals surface area contributed by atoms with Crippen LogP contribution in [-0.4, -0.2) is 52.1 Å². The van der Waals surface area contributed by atoms with Crippen molar-refractivity contribution in [2.24, 2.45) is 23.5 Å². The maximum Gasteiger partial charge on any atom is 0.326 e. The quantitative estimate of drug-likeness (QED) is 0.355. The molecular formula is C26H29ClN4O6S. The minimum Gasteiger partial charge on any atom is -0.497 e. The van der Waals surface area contributed by atoms with E-state index in [4.69, 9.17) is 24.7 Å². The summed E-state index contributed by atoms with van der Waals surface area (Å²) in [6.45, 7) is 0.154. The number of fused-ring (bicyclic) bond motifs is 1. The first-order valence-electron chi connectivity index (χ1n) is 11.8. The summed E-state index contributed by atoms with van der Waals surface area (Å²) in [6.07, 6.45) is 1.77. The molecule has 1 aromatic heterocycles. The number of nitrogens with one attached hydrogen (secondary N) is 1. The number of aromatic nitrogens is 3. The molecule has 5 atom stereocenters. The third-order valence-corrected chi connectivity index (χ3v) is 8.17. The van der Waals surface area contributed by atoms with Crippen molar-refractivity contribution in [3.05, 3.63) is 66.0 Å². The van der Waals surface area contributed by atoms with Gasteiger partial charge in [-0.25, -0.2) is 4.98 Å². The van der Waals surface area contributed by atoms with Gasteiger partial charge in [-0.05, 0) is 47.7 Å². The van der Waals surface area contributed by atoms with E-state index in [2.05, 4.69) is 15.2 Å². The highest BCUT2D eigenvalue weighted by molar-refractivity contribution is 7.99. The summed E-state index contributed by atoms with van der Waals surface area (Å²) in [5.41, 5.74) is 6.99. The van der Waals surface area contributed by atoms with Crippen molar-refractivity contribution in [2.75, 3.05) is 14.2 Å². The van der Waals surface area contributed by atoms with Crippen LogP contribution in [0.25, 0.3) is 0 Å². The van der Waals surface area contributed by atoms with Gasteiger partial charge in [0.15, 0.2) is 5.16 Å². The Kier molecular flexibility index (Phi) is 8.49. The molecular weight excluding hydrogens is 532 g/mol. The number of rotatable bonds is 10. The number of methoxy groups -OCH3 is 2. The van der Waals surface area contributed by atoms with Crippen LogP contribution in [0, 0.1) is 17.8 Å². The third-order valence-electron chi connectivity index (χ3n) is 6.97. The van der Waals surface area contributed by atoms with E-state index in [1.807, 2.05) is 42.5 Å². The normalized spacial score (nSPS) is 25.0. The first-order valence-corrected chi connectivity index (χ1v) is 12.7. The highest BCUT2D eigenvalue weighted by Gasteiger charge is 2.74. The van der Waals surface area contributed by atoms with Gasteiger partial charge in [-0.3, -0.25) is 14.7 Å². The predicted molar refractivity (Wildman–Crippen MR) is 141 cm³/mol. The fraction of sp³-hybridized carbons (Fsp3) is 0.385. The van der Waals surface area contributed by atoms with E-state index in [1.54, 1.807) is 20.3 Å². The number of ether oxygens (including phenoxy) is 4. The second-order valence-electron chi connectivity index (χ2n) is 9.21. The van der Waals surface area contributed by atoms with Crippen molar-refractivity contribution in [2.45, 2.75) is 35.6 Å². The Hall–Kier alpha value is -3.28. The smallest absolute Gasteiger partial charge is 0.326 e. The van der Waals surface area contributed by atoms with Crippen molar-refractivity contribution >= 4 is 36.1 Å². The summed E-state index contributed by atoms with van der Waals surface area (Å²) in [5, 5.41) is 7.20. The van der Waals surface area contributed by atoms with Crippen LogP contribution in [0.2, 0.25) is 0 Å². The SMILES string of the molecule is COc1cccc(COC(=O)[C@H]2[C@H]3[C@@H]2[C@](N)(C(=O)OCc2cccc(OC)c2)C[C@@H]3Sc2ncn[nH]2)c1.Cl. The van der Waals surface area contributed by atoms with E-state index in [-0.39, 0.29) is 48.7 Å². The molecule has 2 aromatic carbocycles. The zero-order valence-electron chi connectivity index (χ0n) is 20.9. The van der Waals surface area contributed by atoms with Gasteiger partial charge in [0.05, 0.1) is 20.1 Å². The molecule has 0 saturated heterocycles. The number of esters is 2. The van der Waals surface area contributed by atoms with E-state index < -0.39 is 17.4 Å². The van der Waals surface area contributed by atoms with Crippen molar-refractivity contribution in [1.82, 2.24) is 15.2 Å². The molecule has 0 bridgehead atoms. The summed E-state index contributed by atoms with van der Waals surface area (Å²) < 4.78 is 21.8. The number of hydrogen-bond donors (Lipinski definition) is 2. The molecule has 2 saturated carbocycles. The van der Waals surface area contributed by atoms with Crippen molar-refractivity contribution in [3.63, 3.8) is 0 Å². The Morgan fingerprint density at radius 3 is 2.26 bits per heavy atom. The Labute approximate surface area is 230 Å². The van der Waals surface area contributed by atoms with Crippen LogP contribution in [0.15, 0.2) is 60.0 Å². The zero-order chi connectivity index (χ0) is 26.0. The fourth-order valence-corrected chi connectivity index (χ4v) is 6.52. The Morgan fingerprint density at radius 2 is 1.68 bits per heavy atom. The Bertz CT molecular complexity index is 1280. The van der Waals surface area contributed by atoms with Crippen LogP contribution in [-0.2, 0) is 32.3 Å². The molecule has 3 N–H and O–H groups in total. The lowest BCUT2D eigenvalue weighted by Crippen LogP contribution is -2.51. The number of aromatic amines is 1. The number of thioether (sulfide) groups is 1. The maximum absolute atomic E-state index is 13.3. The van der Waals surface area contributed by atoms with Gasteiger partial charge in [-0.2, -0.15) is 5.10 Å². The standard InChI is InChI=1S/C26H28N4O6S.ClH/c1-33-17-7-3-5-15(9-17)12-35-23(31)21-20-19(37-25-28-14-29-30-25)11-26(27,22(20)21)24(32)36-13-16-6-4-8-18(10-16)34-2;/h3-10,14,19-22H,11-13,27H2,1-2H3,(H,28,29,30);1H/t19-,20-,21-,22-,26-;/m0./s1. The number of hydrogen-bond acceptors (Lipinski definition) is 10. The first-order chi connectivity index (χ1) is 17.9. The topological polar surface area (TPSA) is 139 Å². The molecule has 5 rings (SSSR count). The average molecular weight is 561 g/mol. The van der Waals surface area contributed by atoms with Crippen LogP contribution in [0.1, 0.15) is 17.5 Å². The molecule has 1 heterocycles. The van der Waals surface area contributed by atoms with Crippen LogP contribution in [0.3, 0.4) is 0 Å². The third kappa shape index (κ3) is 5.59. The molecule has 12 heteroatoms. The number of nitrogens with zero attached hydrogens (tertiary/aromatic N) is 2. The van der Waals surface area contributed by atoms with Gasteiger partial charge in [-0.15, -0.1) is 12.4 Å². The van der Waals surface area contributed by atoms with E-state index in [0.717, 1.165) is 11.1 Å². The largest absolute Gasteiger partial charge is 0.497 e. The molecule has 202 valence electrons. The van der Waals surface area contributed by atoms with Crippen LogP contribution >= 0.6 is 24.2 Å². The summed E-state index contributed by atoms with van der Waals surface area (Å²) in [7, 11) is 3.16. The summed E-state index contributed by atoms with van der Waals surface area (Å²) in [5.74, 6) is -0.591. The van der Waals surface area contributed by atoms with Gasteiger partial charge in [0, 0.05) is 11.2 Å². The zero-order valence-corrected chi connectivity index (χ0v) is 22.5. The van der Waals surface area contributed by atoms with Crippen molar-refractivity contribution in [3.8, 4) is 11.5 Å². The predicted octanol–water partition coefficient (Wildman–Crippen LogP) is 3.15. The van der Waals surface area contributed by atoms with E-state index in [0.29, 0.717) is 23.1 Å². The van der Waals surface area contributed by atoms with Gasteiger partial charge in [0.2, 0.25) is 0 Å². The molecule has 2 aliphatic carbocycles. The number of nitrogens with two attached hydrogens (primary N) is 1. The highest BCUT2D eigenvalue weighted by atomic mass is 35.5. The molecule has 3 aromatic rings. The van der Waals surface area contributed by atoms with Crippen LogP contribution < -0.4 is 15.2 Å². The monoisotopic (exact) mass is 560 g/mol. The van der Waals surface area contributed by atoms with Crippen molar-refractivity contribution in [1.29, 1.82) is 0 Å². The molecule has 10 nitrogen and oxygen atoms in total. The van der Waals surface area contributed by atoms with Crippen LogP contribution in [0.5, 0.6) is 11.5 Å². The lowest BCUT2D eigenvalue weighted by Gasteiger charge is -2.27. The van der Waals surface area contributed by atoms with Gasteiger partial charge in [0.25, 0.3) is 0 Å². The second-order valence-corrected chi connectivity index (χ2v) is 10.4. The molecule has 0 radical (unpaired) electrons. The fourth-order valence-electron chi connectivity index (χ4n) is 5.16. The molecule has 0 spiro atoms. The average Bonchev–Trinajstić information content (AvgIpc) is 3.35. The molecule has 0 unspecified atom stereocenters. The molecule has 0 amide bonds. The van der Waals surface area contributed by atoms with Gasteiger partial charge >= 0.3 is 11.9 Å².